The van der Waals surface area contributed by atoms with Crippen molar-refractivity contribution in [2.45, 2.75) is 6.54 Å². The summed E-state index contributed by atoms with van der Waals surface area (Å²) in [5.41, 5.74) is 1.55. The molecule has 0 fully saturated rings. The fourth-order valence-electron chi connectivity index (χ4n) is 2.14. The van der Waals surface area contributed by atoms with Gasteiger partial charge in [-0.25, -0.2) is 0 Å². The van der Waals surface area contributed by atoms with Crippen LogP contribution in [0.1, 0.15) is 16.2 Å². The maximum Gasteiger partial charge on any atom is 0.255 e. The maximum atomic E-state index is 12.5. The van der Waals surface area contributed by atoms with Gasteiger partial charge in [-0.15, -0.1) is 0 Å². The quantitative estimate of drug-likeness (QED) is 0.607. The summed E-state index contributed by atoms with van der Waals surface area (Å²) < 4.78 is 6.16. The van der Waals surface area contributed by atoms with E-state index in [1.807, 2.05) is 54.6 Å². The molecule has 0 N–H and O–H groups in total. The molecule has 0 unspecified atom stereocenters. The third-order valence-electron chi connectivity index (χ3n) is 3.32. The molecule has 0 aliphatic carbocycles. The number of hydrogen-bond acceptors (Lipinski definition) is 4. The fourth-order valence-corrected chi connectivity index (χ4v) is 2.76. The number of benzene rings is 2. The summed E-state index contributed by atoms with van der Waals surface area (Å²) in [6, 6.07) is 17.1. The van der Waals surface area contributed by atoms with Gasteiger partial charge >= 0.3 is 0 Å². The van der Waals surface area contributed by atoms with Crippen LogP contribution in [-0.4, -0.2) is 28.0 Å². The minimum atomic E-state index is -0.0746. The van der Waals surface area contributed by atoms with E-state index in [0.29, 0.717) is 17.3 Å². The summed E-state index contributed by atoms with van der Waals surface area (Å²) in [5, 5.41) is 3.96. The van der Waals surface area contributed by atoms with Gasteiger partial charge in [-0.3, -0.25) is 4.79 Å². The van der Waals surface area contributed by atoms with Crippen molar-refractivity contribution >= 4 is 28.5 Å². The normalized spacial score (nSPS) is 10.5. The van der Waals surface area contributed by atoms with E-state index < -0.39 is 0 Å². The van der Waals surface area contributed by atoms with Crippen molar-refractivity contribution in [3.63, 3.8) is 0 Å². The smallest absolute Gasteiger partial charge is 0.255 e. The minimum Gasteiger partial charge on any atom is -0.337 e. The van der Waals surface area contributed by atoms with E-state index in [-0.39, 0.29) is 12.5 Å². The standard InChI is InChI=1S/C17H14IN3O2/c1-21(17(22)13-9-5-6-10-14(13)18)11-15-19-16(20-23-15)12-7-3-2-4-8-12/h2-10H,11H2,1H3. The Bertz CT molecular complexity index is 817. The lowest BCUT2D eigenvalue weighted by Gasteiger charge is -2.15. The monoisotopic (exact) mass is 419 g/mol. The average Bonchev–Trinajstić information content (AvgIpc) is 3.04. The molecule has 0 atom stereocenters. The van der Waals surface area contributed by atoms with Crippen molar-refractivity contribution in [3.05, 3.63) is 69.6 Å². The van der Waals surface area contributed by atoms with Crippen LogP contribution in [0.15, 0.2) is 59.1 Å². The second kappa shape index (κ2) is 6.91. The van der Waals surface area contributed by atoms with Crippen LogP contribution in [0.2, 0.25) is 0 Å². The Morgan fingerprint density at radius 2 is 1.83 bits per heavy atom. The first-order chi connectivity index (χ1) is 11.1. The topological polar surface area (TPSA) is 59.2 Å². The Morgan fingerprint density at radius 1 is 1.13 bits per heavy atom. The number of nitrogens with zero attached hydrogens (tertiary/aromatic N) is 3. The molecule has 0 bridgehead atoms. The maximum absolute atomic E-state index is 12.5. The number of hydrogen-bond donors (Lipinski definition) is 0. The summed E-state index contributed by atoms with van der Waals surface area (Å²) in [7, 11) is 1.72. The molecule has 1 aromatic heterocycles. The third-order valence-corrected chi connectivity index (χ3v) is 4.26. The highest BCUT2D eigenvalue weighted by Gasteiger charge is 2.17. The van der Waals surface area contributed by atoms with Gasteiger partial charge in [0, 0.05) is 16.2 Å². The zero-order valence-electron chi connectivity index (χ0n) is 12.4. The zero-order chi connectivity index (χ0) is 16.2. The Labute approximate surface area is 147 Å². The molecule has 1 amide bonds. The zero-order valence-corrected chi connectivity index (χ0v) is 14.6. The number of carbonyl (C=O) groups is 1. The van der Waals surface area contributed by atoms with Crippen LogP contribution in [0, 0.1) is 3.57 Å². The molecule has 116 valence electrons. The molecule has 0 aliphatic heterocycles. The fraction of sp³-hybridized carbons (Fsp3) is 0.118. The number of halogens is 1. The van der Waals surface area contributed by atoms with Gasteiger partial charge in [-0.2, -0.15) is 4.98 Å². The first kappa shape index (κ1) is 15.7. The van der Waals surface area contributed by atoms with Crippen LogP contribution < -0.4 is 0 Å². The third kappa shape index (κ3) is 3.58. The average molecular weight is 419 g/mol. The van der Waals surface area contributed by atoms with Gasteiger partial charge in [-0.1, -0.05) is 47.6 Å². The molecule has 3 rings (SSSR count). The summed E-state index contributed by atoms with van der Waals surface area (Å²) in [5.74, 6) is 0.857. The largest absolute Gasteiger partial charge is 0.337 e. The van der Waals surface area contributed by atoms with Crippen LogP contribution in [0.25, 0.3) is 11.4 Å². The van der Waals surface area contributed by atoms with Crippen molar-refractivity contribution in [1.29, 1.82) is 0 Å². The van der Waals surface area contributed by atoms with Crippen molar-refractivity contribution in [2.24, 2.45) is 0 Å². The predicted octanol–water partition coefficient (Wildman–Crippen LogP) is 3.61. The highest BCUT2D eigenvalue weighted by atomic mass is 127. The molecule has 3 aromatic rings. The molecule has 0 radical (unpaired) electrons. The highest BCUT2D eigenvalue weighted by molar-refractivity contribution is 14.1. The Kier molecular flexibility index (Phi) is 4.71. The lowest BCUT2D eigenvalue weighted by molar-refractivity contribution is 0.0768. The summed E-state index contributed by atoms with van der Waals surface area (Å²) in [4.78, 5) is 18.4. The number of rotatable bonds is 4. The predicted molar refractivity (Wildman–Crippen MR) is 94.7 cm³/mol. The van der Waals surface area contributed by atoms with E-state index >= 15 is 0 Å². The second-order valence-corrected chi connectivity index (χ2v) is 6.18. The van der Waals surface area contributed by atoms with E-state index in [2.05, 4.69) is 32.7 Å². The SMILES string of the molecule is CN(Cc1nc(-c2ccccc2)no1)C(=O)c1ccccc1I. The van der Waals surface area contributed by atoms with Gasteiger partial charge in [0.25, 0.3) is 5.91 Å². The second-order valence-electron chi connectivity index (χ2n) is 5.02. The molecule has 0 saturated heterocycles. The van der Waals surface area contributed by atoms with E-state index in [0.717, 1.165) is 9.13 Å². The molecule has 0 saturated carbocycles. The first-order valence-electron chi connectivity index (χ1n) is 7.03. The van der Waals surface area contributed by atoms with Crippen LogP contribution in [-0.2, 0) is 6.54 Å². The highest BCUT2D eigenvalue weighted by Crippen LogP contribution is 2.17. The lowest BCUT2D eigenvalue weighted by atomic mass is 10.2. The molecule has 5 nitrogen and oxygen atoms in total. The van der Waals surface area contributed by atoms with Crippen molar-refractivity contribution in [3.8, 4) is 11.4 Å². The lowest BCUT2D eigenvalue weighted by Crippen LogP contribution is -2.27. The molecular weight excluding hydrogens is 405 g/mol. The van der Waals surface area contributed by atoms with Gasteiger partial charge in [0.05, 0.1) is 12.1 Å². The van der Waals surface area contributed by atoms with E-state index in [1.54, 1.807) is 11.9 Å². The van der Waals surface area contributed by atoms with E-state index in [1.165, 1.54) is 0 Å². The molecule has 23 heavy (non-hydrogen) atoms. The van der Waals surface area contributed by atoms with Crippen molar-refractivity contribution < 1.29 is 9.32 Å². The minimum absolute atomic E-state index is 0.0746. The Hall–Kier alpha value is -2.22. The molecule has 0 spiro atoms. The number of carbonyl (C=O) groups excluding carboxylic acids is 1. The Balaban J connectivity index is 1.74. The summed E-state index contributed by atoms with van der Waals surface area (Å²) >= 11 is 2.15. The first-order valence-corrected chi connectivity index (χ1v) is 8.11. The molecule has 0 aliphatic rings. The molecular formula is C17H14IN3O2. The van der Waals surface area contributed by atoms with Crippen LogP contribution >= 0.6 is 22.6 Å². The van der Waals surface area contributed by atoms with Gasteiger partial charge in [0.2, 0.25) is 11.7 Å². The number of amides is 1. The Morgan fingerprint density at radius 3 is 2.57 bits per heavy atom. The van der Waals surface area contributed by atoms with E-state index in [9.17, 15) is 4.79 Å². The van der Waals surface area contributed by atoms with Gasteiger partial charge in [-0.05, 0) is 34.7 Å². The van der Waals surface area contributed by atoms with Crippen molar-refractivity contribution in [2.75, 3.05) is 7.05 Å². The number of aromatic nitrogens is 2. The molecule has 1 heterocycles. The van der Waals surface area contributed by atoms with Crippen LogP contribution in [0.3, 0.4) is 0 Å². The van der Waals surface area contributed by atoms with E-state index in [4.69, 9.17) is 4.52 Å². The molecule has 6 heteroatoms. The summed E-state index contributed by atoms with van der Waals surface area (Å²) in [6.07, 6.45) is 0. The van der Waals surface area contributed by atoms with Crippen LogP contribution in [0.5, 0.6) is 0 Å². The summed E-state index contributed by atoms with van der Waals surface area (Å²) in [6.45, 7) is 0.268. The van der Waals surface area contributed by atoms with Gasteiger partial charge in [0.1, 0.15) is 0 Å². The van der Waals surface area contributed by atoms with Gasteiger partial charge in [0.15, 0.2) is 0 Å². The van der Waals surface area contributed by atoms with Gasteiger partial charge < -0.3 is 9.42 Å². The van der Waals surface area contributed by atoms with Crippen molar-refractivity contribution in [1.82, 2.24) is 15.0 Å². The van der Waals surface area contributed by atoms with Crippen LogP contribution in [0.4, 0.5) is 0 Å². The molecule has 2 aromatic carbocycles.